The molecule has 0 spiro atoms. The van der Waals surface area contributed by atoms with Crippen molar-refractivity contribution >= 4 is 87.2 Å². The van der Waals surface area contributed by atoms with E-state index in [0.29, 0.717) is 37.7 Å². The average molecular weight is 1000 g/mol. The van der Waals surface area contributed by atoms with E-state index < -0.39 is 12.2 Å². The molecule has 0 radical (unpaired) electrons. The maximum absolute atomic E-state index is 11.4. The lowest BCUT2D eigenvalue weighted by atomic mass is 10.2. The van der Waals surface area contributed by atoms with Crippen LogP contribution in [0.3, 0.4) is 0 Å². The van der Waals surface area contributed by atoms with Gasteiger partial charge >= 0.3 is 0 Å². The summed E-state index contributed by atoms with van der Waals surface area (Å²) in [5.74, 6) is 1.17. The quantitative estimate of drug-likeness (QED) is 0.0789. The van der Waals surface area contributed by atoms with Crippen LogP contribution in [0.5, 0.6) is 11.5 Å². The van der Waals surface area contributed by atoms with Gasteiger partial charge in [0.25, 0.3) is 0 Å². The zero-order valence-corrected chi connectivity index (χ0v) is 42.1. The summed E-state index contributed by atoms with van der Waals surface area (Å²) in [6.45, 7) is 2.56. The lowest BCUT2D eigenvalue weighted by Gasteiger charge is -2.23. The minimum atomic E-state index is -0.890. The van der Waals surface area contributed by atoms with Crippen molar-refractivity contribution in [1.82, 2.24) is 18.3 Å². The highest BCUT2D eigenvalue weighted by Crippen LogP contribution is 2.34. The molecule has 378 valence electrons. The molecule has 10 nitrogen and oxygen atoms in total. The predicted molar refractivity (Wildman–Crippen MR) is 307 cm³/mol. The Balaban J connectivity index is 0.666. The first kappa shape index (κ1) is 47.3. The summed E-state index contributed by atoms with van der Waals surface area (Å²) in [6.07, 6.45) is -2.37. The SMILES string of the molecule is OC(COc1ccc(OCC(O)COC(Cn2c3ccccc3c3ccccc32)Cn2c3ccccc3c3ccccc32)cc1)COC(Cn1c2ccccc2c2ccccc21)Cn1c2ccccc2c2ccccc21. The Hall–Kier alpha value is -8.38. The second-order valence-electron chi connectivity index (χ2n) is 19.9. The molecule has 9 aromatic carbocycles. The zero-order valence-electron chi connectivity index (χ0n) is 42.1. The van der Waals surface area contributed by atoms with Crippen molar-refractivity contribution < 1.29 is 29.2 Å². The van der Waals surface area contributed by atoms with Crippen molar-refractivity contribution in [3.8, 4) is 11.5 Å². The van der Waals surface area contributed by atoms with E-state index in [4.69, 9.17) is 18.9 Å². The smallest absolute Gasteiger partial charge is 0.119 e. The first-order valence-electron chi connectivity index (χ1n) is 26.3. The van der Waals surface area contributed by atoms with Crippen molar-refractivity contribution in [2.75, 3.05) is 26.4 Å². The van der Waals surface area contributed by atoms with Crippen molar-refractivity contribution in [2.45, 2.75) is 50.6 Å². The Bertz CT molecular complexity index is 3460. The normalized spacial score (nSPS) is 13.0. The number of benzene rings is 9. The molecule has 0 saturated carbocycles. The fourth-order valence-electron chi connectivity index (χ4n) is 11.5. The van der Waals surface area contributed by atoms with E-state index in [0.717, 1.165) is 44.1 Å². The van der Waals surface area contributed by atoms with Gasteiger partial charge in [0, 0.05) is 87.2 Å². The Morgan fingerprint density at radius 1 is 0.263 bits per heavy atom. The monoisotopic (exact) mass is 1000 g/mol. The lowest BCUT2D eigenvalue weighted by molar-refractivity contribution is -0.0347. The summed E-state index contributed by atoms with van der Waals surface area (Å²) in [4.78, 5) is 0. The molecular formula is C66H58N4O6. The number of para-hydroxylation sites is 8. The van der Waals surface area contributed by atoms with Crippen molar-refractivity contribution in [1.29, 1.82) is 0 Å². The molecule has 0 bridgehead atoms. The van der Waals surface area contributed by atoms with Crippen LogP contribution in [-0.2, 0) is 35.7 Å². The van der Waals surface area contributed by atoms with Crippen LogP contribution >= 0.6 is 0 Å². The second kappa shape index (κ2) is 20.7. The molecule has 0 aliphatic rings. The van der Waals surface area contributed by atoms with Crippen LogP contribution in [0.1, 0.15) is 0 Å². The first-order chi connectivity index (χ1) is 37.5. The standard InChI is InChI=1S/C66H58N4O6/c71-45(43-75-49(37-67-59-25-9-1-17-51(59)52-18-2-10-26-60(52)67)38-68-61-27-11-3-19-53(61)54-20-4-12-28-62(54)68)41-73-47-33-35-48(36-34-47)74-42-46(72)44-76-50(39-69-63-29-13-5-21-55(63)56-22-6-14-30-64(56)69)40-70-65-31-15-7-23-57(65)58-24-8-16-32-66(58)70/h1-36,45-46,49-50,71-72H,37-44H2. The Morgan fingerprint density at radius 2 is 0.461 bits per heavy atom. The topological polar surface area (TPSA) is 97.1 Å². The molecular weight excluding hydrogens is 945 g/mol. The predicted octanol–water partition coefficient (Wildman–Crippen LogP) is 13.2. The van der Waals surface area contributed by atoms with Gasteiger partial charge in [-0.15, -0.1) is 0 Å². The van der Waals surface area contributed by atoms with Crippen LogP contribution in [-0.4, -0.2) is 79.3 Å². The number of aliphatic hydroxyl groups excluding tert-OH is 2. The number of hydrogen-bond acceptors (Lipinski definition) is 6. The molecule has 13 rings (SSSR count). The first-order valence-corrected chi connectivity index (χ1v) is 26.3. The van der Waals surface area contributed by atoms with Gasteiger partial charge in [0.1, 0.15) is 36.9 Å². The highest BCUT2D eigenvalue weighted by atomic mass is 16.5. The minimum Gasteiger partial charge on any atom is -0.491 e. The van der Waals surface area contributed by atoms with E-state index in [2.05, 4.69) is 212 Å². The van der Waals surface area contributed by atoms with Crippen molar-refractivity contribution in [3.05, 3.63) is 218 Å². The lowest BCUT2D eigenvalue weighted by Crippen LogP contribution is -2.31. The largest absolute Gasteiger partial charge is 0.491 e. The van der Waals surface area contributed by atoms with Gasteiger partial charge in [-0.05, 0) is 72.8 Å². The molecule has 13 aromatic rings. The van der Waals surface area contributed by atoms with E-state index in [9.17, 15) is 10.2 Å². The fraction of sp³-hybridized carbons (Fsp3) is 0.182. The van der Waals surface area contributed by atoms with Crippen LogP contribution in [0.4, 0.5) is 0 Å². The Morgan fingerprint density at radius 3 is 0.671 bits per heavy atom. The van der Waals surface area contributed by atoms with Crippen LogP contribution < -0.4 is 9.47 Å². The molecule has 0 saturated heterocycles. The molecule has 2 unspecified atom stereocenters. The molecule has 2 atom stereocenters. The van der Waals surface area contributed by atoms with E-state index >= 15 is 0 Å². The number of hydrogen-bond donors (Lipinski definition) is 2. The van der Waals surface area contributed by atoms with Gasteiger partial charge in [0.15, 0.2) is 0 Å². The van der Waals surface area contributed by atoms with Gasteiger partial charge in [-0.2, -0.15) is 0 Å². The van der Waals surface area contributed by atoms with Gasteiger partial charge < -0.3 is 47.4 Å². The van der Waals surface area contributed by atoms with Gasteiger partial charge in [0.2, 0.25) is 0 Å². The Labute approximate surface area is 439 Å². The third-order valence-corrected chi connectivity index (χ3v) is 15.0. The fourth-order valence-corrected chi connectivity index (χ4v) is 11.5. The molecule has 4 aromatic heterocycles. The highest BCUT2D eigenvalue weighted by Gasteiger charge is 2.23. The third kappa shape index (κ3) is 9.09. The summed E-state index contributed by atoms with van der Waals surface area (Å²) in [6, 6.07) is 75.4. The summed E-state index contributed by atoms with van der Waals surface area (Å²) in [5.41, 5.74) is 9.15. The van der Waals surface area contributed by atoms with Crippen LogP contribution in [0, 0.1) is 0 Å². The maximum Gasteiger partial charge on any atom is 0.119 e. The Kier molecular flexibility index (Phi) is 12.9. The second-order valence-corrected chi connectivity index (χ2v) is 19.9. The van der Waals surface area contributed by atoms with Crippen LogP contribution in [0.25, 0.3) is 87.2 Å². The highest BCUT2D eigenvalue weighted by molar-refractivity contribution is 6.10. The van der Waals surface area contributed by atoms with E-state index in [-0.39, 0.29) is 38.6 Å². The summed E-state index contributed by atoms with van der Waals surface area (Å²) < 4.78 is 35.1. The van der Waals surface area contributed by atoms with E-state index in [1.807, 2.05) is 24.3 Å². The average Bonchev–Trinajstić information content (AvgIpc) is 4.21. The number of aliphatic hydroxyl groups is 2. The molecule has 76 heavy (non-hydrogen) atoms. The zero-order chi connectivity index (χ0) is 51.0. The van der Waals surface area contributed by atoms with Gasteiger partial charge in [-0.1, -0.05) is 146 Å². The number of fused-ring (bicyclic) bond motifs is 12. The summed E-state index contributed by atoms with van der Waals surface area (Å²) in [7, 11) is 0. The van der Waals surface area contributed by atoms with Crippen molar-refractivity contribution in [2.24, 2.45) is 0 Å². The number of nitrogens with zero attached hydrogens (tertiary/aromatic N) is 4. The summed E-state index contributed by atoms with van der Waals surface area (Å²) in [5, 5.41) is 32.4. The van der Waals surface area contributed by atoms with Crippen LogP contribution in [0.15, 0.2) is 218 Å². The maximum atomic E-state index is 11.4. The molecule has 0 aliphatic heterocycles. The number of ether oxygens (including phenoxy) is 4. The molecule has 10 heteroatoms. The van der Waals surface area contributed by atoms with E-state index in [1.165, 1.54) is 43.1 Å². The van der Waals surface area contributed by atoms with Gasteiger partial charge in [-0.25, -0.2) is 0 Å². The van der Waals surface area contributed by atoms with Gasteiger partial charge in [0.05, 0.1) is 51.6 Å². The third-order valence-electron chi connectivity index (χ3n) is 15.0. The molecule has 2 N–H and O–H groups in total. The van der Waals surface area contributed by atoms with Crippen molar-refractivity contribution in [3.63, 3.8) is 0 Å². The summed E-state index contributed by atoms with van der Waals surface area (Å²) >= 11 is 0. The van der Waals surface area contributed by atoms with E-state index in [1.54, 1.807) is 0 Å². The molecule has 0 aliphatic carbocycles. The molecule has 0 amide bonds. The number of rotatable bonds is 20. The van der Waals surface area contributed by atoms with Crippen LogP contribution in [0.2, 0.25) is 0 Å². The number of aromatic nitrogens is 4. The molecule has 0 fully saturated rings. The molecule has 4 heterocycles. The minimum absolute atomic E-state index is 0.0398. The van der Waals surface area contributed by atoms with Gasteiger partial charge in [-0.3, -0.25) is 0 Å².